The molecule has 88 valence electrons. The van der Waals surface area contributed by atoms with Crippen molar-refractivity contribution in [2.75, 3.05) is 0 Å². The largest absolute Gasteiger partial charge is 0.478 e. The highest BCUT2D eigenvalue weighted by Crippen LogP contribution is 2.19. The van der Waals surface area contributed by atoms with Crippen molar-refractivity contribution >= 4 is 17.6 Å². The van der Waals surface area contributed by atoms with E-state index < -0.39 is 5.97 Å². The van der Waals surface area contributed by atoms with Crippen LogP contribution in [0.3, 0.4) is 0 Å². The number of nitrogens with zero attached hydrogens (tertiary/aromatic N) is 2. The van der Waals surface area contributed by atoms with E-state index in [9.17, 15) is 4.79 Å². The van der Waals surface area contributed by atoms with Crippen LogP contribution in [0.25, 0.3) is 5.69 Å². The number of benzene rings is 1. The summed E-state index contributed by atoms with van der Waals surface area (Å²) in [6.45, 7) is 3.57. The van der Waals surface area contributed by atoms with Crippen LogP contribution in [-0.2, 0) is 0 Å². The van der Waals surface area contributed by atoms with Gasteiger partial charge in [0.1, 0.15) is 5.56 Å². The second kappa shape index (κ2) is 4.22. The molecular weight excluding hydrogens is 240 g/mol. The van der Waals surface area contributed by atoms with E-state index >= 15 is 0 Å². The maximum Gasteiger partial charge on any atom is 0.339 e. The highest BCUT2D eigenvalue weighted by atomic mass is 35.5. The first kappa shape index (κ1) is 11.7. The number of aryl methyl sites for hydroxylation is 2. The van der Waals surface area contributed by atoms with Crippen LogP contribution in [-0.4, -0.2) is 20.9 Å². The number of carboxylic acids is 1. The number of carboxylic acid groups (broad SMARTS) is 1. The second-order valence-corrected chi connectivity index (χ2v) is 4.25. The zero-order valence-corrected chi connectivity index (χ0v) is 10.2. The Morgan fingerprint density at radius 1 is 1.41 bits per heavy atom. The molecule has 0 atom stereocenters. The SMILES string of the molecule is Cc1cc(Cl)ccc1-n1cc(C(=O)O)c(C)n1. The lowest BCUT2D eigenvalue weighted by Crippen LogP contribution is -1.98. The summed E-state index contributed by atoms with van der Waals surface area (Å²) in [6.07, 6.45) is 1.51. The fraction of sp³-hybridized carbons (Fsp3) is 0.167. The molecule has 0 aliphatic heterocycles. The molecule has 0 amide bonds. The molecule has 17 heavy (non-hydrogen) atoms. The van der Waals surface area contributed by atoms with Gasteiger partial charge in [-0.25, -0.2) is 9.48 Å². The number of aromatic nitrogens is 2. The molecule has 0 spiro atoms. The third-order valence-electron chi connectivity index (χ3n) is 2.53. The van der Waals surface area contributed by atoms with Gasteiger partial charge in [0.15, 0.2) is 0 Å². The van der Waals surface area contributed by atoms with E-state index in [0.29, 0.717) is 10.7 Å². The van der Waals surface area contributed by atoms with Gasteiger partial charge < -0.3 is 5.11 Å². The van der Waals surface area contributed by atoms with Crippen LogP contribution in [0.1, 0.15) is 21.6 Å². The van der Waals surface area contributed by atoms with Crippen LogP contribution in [0.15, 0.2) is 24.4 Å². The predicted molar refractivity (Wildman–Crippen MR) is 65.0 cm³/mol. The van der Waals surface area contributed by atoms with Crippen LogP contribution in [0.2, 0.25) is 5.02 Å². The average Bonchev–Trinajstić information content (AvgIpc) is 2.60. The van der Waals surface area contributed by atoms with E-state index in [-0.39, 0.29) is 5.56 Å². The van der Waals surface area contributed by atoms with Gasteiger partial charge in [0.2, 0.25) is 0 Å². The molecular formula is C12H11ClN2O2. The molecule has 0 saturated heterocycles. The van der Waals surface area contributed by atoms with E-state index in [0.717, 1.165) is 11.3 Å². The van der Waals surface area contributed by atoms with Crippen molar-refractivity contribution in [3.63, 3.8) is 0 Å². The Balaban J connectivity index is 2.53. The molecule has 1 aromatic heterocycles. The van der Waals surface area contributed by atoms with Gasteiger partial charge in [-0.1, -0.05) is 11.6 Å². The lowest BCUT2D eigenvalue weighted by Gasteiger charge is -2.05. The maximum absolute atomic E-state index is 10.9. The van der Waals surface area contributed by atoms with Crippen molar-refractivity contribution in [3.8, 4) is 5.69 Å². The number of hydrogen-bond acceptors (Lipinski definition) is 2. The number of halogens is 1. The van der Waals surface area contributed by atoms with Crippen LogP contribution in [0.4, 0.5) is 0 Å². The third-order valence-corrected chi connectivity index (χ3v) is 2.77. The number of aromatic carboxylic acids is 1. The summed E-state index contributed by atoms with van der Waals surface area (Å²) in [4.78, 5) is 10.9. The summed E-state index contributed by atoms with van der Waals surface area (Å²) >= 11 is 5.87. The van der Waals surface area contributed by atoms with E-state index in [1.165, 1.54) is 6.20 Å². The van der Waals surface area contributed by atoms with Crippen molar-refractivity contribution in [1.82, 2.24) is 9.78 Å². The fourth-order valence-electron chi connectivity index (χ4n) is 1.67. The summed E-state index contributed by atoms with van der Waals surface area (Å²) in [5, 5.41) is 13.8. The molecule has 5 heteroatoms. The zero-order valence-electron chi connectivity index (χ0n) is 9.44. The molecule has 0 unspecified atom stereocenters. The Morgan fingerprint density at radius 3 is 2.65 bits per heavy atom. The van der Waals surface area contributed by atoms with Crippen molar-refractivity contribution in [1.29, 1.82) is 0 Å². The lowest BCUT2D eigenvalue weighted by atomic mass is 10.2. The van der Waals surface area contributed by atoms with E-state index in [1.54, 1.807) is 17.7 Å². The first-order valence-corrected chi connectivity index (χ1v) is 5.43. The molecule has 2 rings (SSSR count). The predicted octanol–water partition coefficient (Wildman–Crippen LogP) is 2.84. The van der Waals surface area contributed by atoms with E-state index in [2.05, 4.69) is 5.10 Å². The van der Waals surface area contributed by atoms with Crippen molar-refractivity contribution < 1.29 is 9.90 Å². The Kier molecular flexibility index (Phi) is 2.90. The smallest absolute Gasteiger partial charge is 0.339 e. The molecule has 1 heterocycles. The first-order chi connectivity index (χ1) is 7.99. The monoisotopic (exact) mass is 250 g/mol. The van der Waals surface area contributed by atoms with Gasteiger partial charge in [0.25, 0.3) is 0 Å². The molecule has 1 N–H and O–H groups in total. The van der Waals surface area contributed by atoms with E-state index in [1.807, 2.05) is 19.1 Å². The van der Waals surface area contributed by atoms with Gasteiger partial charge in [-0.2, -0.15) is 5.10 Å². The topological polar surface area (TPSA) is 55.1 Å². The molecule has 4 nitrogen and oxygen atoms in total. The summed E-state index contributed by atoms with van der Waals surface area (Å²) in [6, 6.07) is 5.38. The average molecular weight is 251 g/mol. The molecule has 0 fully saturated rings. The highest BCUT2D eigenvalue weighted by Gasteiger charge is 2.13. The lowest BCUT2D eigenvalue weighted by molar-refractivity contribution is 0.0696. The van der Waals surface area contributed by atoms with Gasteiger partial charge in [-0.15, -0.1) is 0 Å². The minimum Gasteiger partial charge on any atom is -0.478 e. The quantitative estimate of drug-likeness (QED) is 0.892. The summed E-state index contributed by atoms with van der Waals surface area (Å²) < 4.78 is 1.56. The van der Waals surface area contributed by atoms with Crippen molar-refractivity contribution in [2.24, 2.45) is 0 Å². The highest BCUT2D eigenvalue weighted by molar-refractivity contribution is 6.30. The number of rotatable bonds is 2. The molecule has 0 aliphatic rings. The fourth-order valence-corrected chi connectivity index (χ4v) is 1.90. The third kappa shape index (κ3) is 2.17. The van der Waals surface area contributed by atoms with Crippen molar-refractivity contribution in [3.05, 3.63) is 46.2 Å². The summed E-state index contributed by atoms with van der Waals surface area (Å²) in [5.74, 6) is -0.972. The standard InChI is InChI=1S/C12H11ClN2O2/c1-7-5-9(13)3-4-11(7)15-6-10(12(16)17)8(2)14-15/h3-6H,1-2H3,(H,16,17). The summed E-state index contributed by atoms with van der Waals surface area (Å²) in [5.41, 5.74) is 2.47. The van der Waals surface area contributed by atoms with Crippen LogP contribution >= 0.6 is 11.6 Å². The van der Waals surface area contributed by atoms with Gasteiger partial charge in [0, 0.05) is 11.2 Å². The Hall–Kier alpha value is -1.81. The molecule has 0 aliphatic carbocycles. The Morgan fingerprint density at radius 2 is 2.12 bits per heavy atom. The molecule has 0 bridgehead atoms. The Bertz CT molecular complexity index is 590. The van der Waals surface area contributed by atoms with E-state index in [4.69, 9.17) is 16.7 Å². The number of hydrogen-bond donors (Lipinski definition) is 1. The minimum absolute atomic E-state index is 0.208. The van der Waals surface area contributed by atoms with Crippen LogP contribution in [0, 0.1) is 13.8 Å². The van der Waals surface area contributed by atoms with Gasteiger partial charge in [-0.05, 0) is 37.6 Å². The van der Waals surface area contributed by atoms with Gasteiger partial charge in [0.05, 0.1) is 11.4 Å². The minimum atomic E-state index is -0.972. The molecule has 0 radical (unpaired) electrons. The van der Waals surface area contributed by atoms with Crippen LogP contribution < -0.4 is 0 Å². The maximum atomic E-state index is 10.9. The normalized spacial score (nSPS) is 10.5. The Labute approximate surface area is 103 Å². The molecule has 2 aromatic rings. The summed E-state index contributed by atoms with van der Waals surface area (Å²) in [7, 11) is 0. The van der Waals surface area contributed by atoms with Crippen LogP contribution in [0.5, 0.6) is 0 Å². The molecule has 0 saturated carbocycles. The second-order valence-electron chi connectivity index (χ2n) is 3.81. The van der Waals surface area contributed by atoms with Gasteiger partial charge >= 0.3 is 5.97 Å². The first-order valence-electron chi connectivity index (χ1n) is 5.05. The van der Waals surface area contributed by atoms with Crippen molar-refractivity contribution in [2.45, 2.75) is 13.8 Å². The number of carbonyl (C=O) groups is 1. The zero-order chi connectivity index (χ0) is 12.6. The van der Waals surface area contributed by atoms with Gasteiger partial charge in [-0.3, -0.25) is 0 Å². The molecule has 1 aromatic carbocycles.